The monoisotopic (exact) mass is 312 g/mol. The van der Waals surface area contributed by atoms with Crippen LogP contribution in [0.5, 0.6) is 0 Å². The highest BCUT2D eigenvalue weighted by Gasteiger charge is 2.26. The second-order valence-electron chi connectivity index (χ2n) is 5.75. The summed E-state index contributed by atoms with van der Waals surface area (Å²) in [4.78, 5) is 0.166. The molecule has 5 nitrogen and oxygen atoms in total. The van der Waals surface area contributed by atoms with Crippen molar-refractivity contribution in [1.82, 2.24) is 4.31 Å². The third-order valence-corrected chi connectivity index (χ3v) is 5.28. The third-order valence-electron chi connectivity index (χ3n) is 3.16. The number of hydrogen-bond donors (Lipinski definition) is 0. The molecule has 0 aromatic heterocycles. The molecule has 1 aromatic rings. The zero-order valence-corrected chi connectivity index (χ0v) is 14.1. The molecule has 0 saturated heterocycles. The quantitative estimate of drug-likeness (QED) is 0.363. The Hall–Kier alpha value is -1.40. The molecule has 0 bridgehead atoms. The number of benzene rings is 1. The first-order valence-electron chi connectivity index (χ1n) is 7.05. The molecule has 118 valence electrons. The van der Waals surface area contributed by atoms with Crippen LogP contribution in [0, 0.1) is 5.21 Å². The highest BCUT2D eigenvalue weighted by atomic mass is 32.2. The van der Waals surface area contributed by atoms with Crippen molar-refractivity contribution in [1.29, 1.82) is 0 Å². The average molecular weight is 312 g/mol. The summed E-state index contributed by atoms with van der Waals surface area (Å²) in [5.74, 6) is 0. The minimum Gasteiger partial charge on any atom is -0.623 e. The summed E-state index contributed by atoms with van der Waals surface area (Å²) in [6.45, 7) is 9.71. The smallest absolute Gasteiger partial charge is 0.243 e. The highest BCUT2D eigenvalue weighted by molar-refractivity contribution is 7.89. The summed E-state index contributed by atoms with van der Waals surface area (Å²) in [6.07, 6.45) is 1.34. The zero-order chi connectivity index (χ0) is 16.3. The third kappa shape index (κ3) is 4.04. The molecular formula is C15H24N2O3S. The van der Waals surface area contributed by atoms with Crippen molar-refractivity contribution in [3.8, 4) is 0 Å². The number of hydrogen-bond acceptors (Lipinski definition) is 3. The van der Waals surface area contributed by atoms with Crippen LogP contribution in [-0.4, -0.2) is 42.3 Å². The molecule has 0 N–H and O–H groups in total. The van der Waals surface area contributed by atoms with Crippen LogP contribution < -0.4 is 0 Å². The summed E-state index contributed by atoms with van der Waals surface area (Å²) in [6, 6.07) is 6.58. The Labute approximate surface area is 127 Å². The Balaban J connectivity index is 3.42. The van der Waals surface area contributed by atoms with E-state index in [1.165, 1.54) is 16.6 Å². The summed E-state index contributed by atoms with van der Waals surface area (Å²) in [5.41, 5.74) is -0.208. The lowest BCUT2D eigenvalue weighted by Gasteiger charge is -2.21. The van der Waals surface area contributed by atoms with Gasteiger partial charge in [-0.3, -0.25) is 0 Å². The maximum Gasteiger partial charge on any atom is 0.243 e. The van der Waals surface area contributed by atoms with E-state index in [9.17, 15) is 13.6 Å². The van der Waals surface area contributed by atoms with E-state index in [0.29, 0.717) is 18.7 Å². The van der Waals surface area contributed by atoms with Crippen LogP contribution in [0.3, 0.4) is 0 Å². The van der Waals surface area contributed by atoms with Crippen molar-refractivity contribution in [3.63, 3.8) is 0 Å². The molecule has 0 aliphatic heterocycles. The Morgan fingerprint density at radius 1 is 1.19 bits per heavy atom. The van der Waals surface area contributed by atoms with Crippen LogP contribution in [0.15, 0.2) is 29.2 Å². The fourth-order valence-electron chi connectivity index (χ4n) is 1.84. The predicted octanol–water partition coefficient (Wildman–Crippen LogP) is 2.44. The summed E-state index contributed by atoms with van der Waals surface area (Å²) in [5, 5.41) is 12.1. The van der Waals surface area contributed by atoms with E-state index in [1.807, 2.05) is 0 Å². The maximum atomic E-state index is 12.6. The number of hydroxylamine groups is 1. The fraction of sp³-hybridized carbons (Fsp3) is 0.533. The van der Waals surface area contributed by atoms with E-state index in [2.05, 4.69) is 0 Å². The molecule has 0 aliphatic rings. The second-order valence-corrected chi connectivity index (χ2v) is 7.66. The number of rotatable bonds is 5. The van der Waals surface area contributed by atoms with Gasteiger partial charge < -0.3 is 5.21 Å². The van der Waals surface area contributed by atoms with Gasteiger partial charge in [-0.1, -0.05) is 26.0 Å². The maximum absolute atomic E-state index is 12.6. The summed E-state index contributed by atoms with van der Waals surface area (Å²) in [7, 11) is -3.59. The Morgan fingerprint density at radius 2 is 1.71 bits per heavy atom. The van der Waals surface area contributed by atoms with Gasteiger partial charge in [-0.2, -0.15) is 4.31 Å². The fourth-order valence-corrected chi connectivity index (χ4v) is 3.47. The first-order chi connectivity index (χ1) is 9.64. The van der Waals surface area contributed by atoms with Gasteiger partial charge in [-0.05, 0) is 12.1 Å². The molecule has 0 spiro atoms. The Morgan fingerprint density at radius 3 is 2.19 bits per heavy atom. The minimum atomic E-state index is -3.59. The van der Waals surface area contributed by atoms with Gasteiger partial charge in [0.2, 0.25) is 10.0 Å². The molecule has 0 radical (unpaired) electrons. The molecule has 1 aromatic carbocycles. The largest absolute Gasteiger partial charge is 0.623 e. The van der Waals surface area contributed by atoms with Crippen molar-refractivity contribution >= 4 is 16.2 Å². The van der Waals surface area contributed by atoms with Gasteiger partial charge in [0.1, 0.15) is 0 Å². The number of nitrogens with zero attached hydrogens (tertiary/aromatic N) is 2. The van der Waals surface area contributed by atoms with Crippen molar-refractivity contribution in [2.75, 3.05) is 13.1 Å². The molecule has 0 unspecified atom stereocenters. The van der Waals surface area contributed by atoms with E-state index in [4.69, 9.17) is 0 Å². The zero-order valence-electron chi connectivity index (χ0n) is 13.3. The lowest BCUT2D eigenvalue weighted by atomic mass is 10.1. The molecule has 21 heavy (non-hydrogen) atoms. The molecule has 0 heterocycles. The lowest BCUT2D eigenvalue weighted by Crippen LogP contribution is -2.32. The van der Waals surface area contributed by atoms with Crippen LogP contribution in [0.25, 0.3) is 0 Å². The first kappa shape index (κ1) is 17.7. The second kappa shape index (κ2) is 6.58. The van der Waals surface area contributed by atoms with Gasteiger partial charge in [0.05, 0.1) is 10.5 Å². The van der Waals surface area contributed by atoms with Crippen LogP contribution in [-0.2, 0) is 10.0 Å². The molecule has 0 atom stereocenters. The van der Waals surface area contributed by atoms with Gasteiger partial charge >= 0.3 is 0 Å². The van der Waals surface area contributed by atoms with Crippen molar-refractivity contribution in [2.45, 2.75) is 45.1 Å². The van der Waals surface area contributed by atoms with E-state index >= 15 is 0 Å². The Kier molecular flexibility index (Phi) is 5.53. The molecule has 0 saturated carbocycles. The van der Waals surface area contributed by atoms with Gasteiger partial charge in [-0.15, -0.1) is 0 Å². The molecule has 6 heteroatoms. The minimum absolute atomic E-state index is 0.166. The SMILES string of the molecule is CCN(CC)S(=O)(=O)c1ccccc1C=[N+]([O-])C(C)(C)C. The lowest BCUT2D eigenvalue weighted by molar-refractivity contribution is -0.530. The molecule has 0 fully saturated rings. The average Bonchev–Trinajstić information content (AvgIpc) is 2.39. The Bertz CT molecular complexity index is 612. The van der Waals surface area contributed by atoms with Gasteiger partial charge in [0.15, 0.2) is 11.8 Å². The number of sulfonamides is 1. The molecule has 1 rings (SSSR count). The van der Waals surface area contributed by atoms with Crippen LogP contribution >= 0.6 is 0 Å². The van der Waals surface area contributed by atoms with Gasteiger partial charge in [0, 0.05) is 33.9 Å². The molecule has 0 amide bonds. The standard InChI is InChI=1S/C15H24N2O3S/c1-6-16(7-2)21(19,20)14-11-9-8-10-13(14)12-17(18)15(3,4)5/h8-12H,6-7H2,1-5H3. The summed E-state index contributed by atoms with van der Waals surface area (Å²) < 4.78 is 27.4. The predicted molar refractivity (Wildman–Crippen MR) is 85.1 cm³/mol. The molecular weight excluding hydrogens is 288 g/mol. The normalized spacial score (nSPS) is 13.7. The van der Waals surface area contributed by atoms with Gasteiger partial charge in [0.25, 0.3) is 0 Å². The summed E-state index contributed by atoms with van der Waals surface area (Å²) >= 11 is 0. The van der Waals surface area contributed by atoms with Crippen LogP contribution in [0.2, 0.25) is 0 Å². The van der Waals surface area contributed by atoms with E-state index in [-0.39, 0.29) is 4.90 Å². The van der Waals surface area contributed by atoms with E-state index < -0.39 is 15.6 Å². The van der Waals surface area contributed by atoms with E-state index in [1.54, 1.807) is 52.8 Å². The highest BCUT2D eigenvalue weighted by Crippen LogP contribution is 2.19. The van der Waals surface area contributed by atoms with Crippen LogP contribution in [0.4, 0.5) is 0 Å². The topological polar surface area (TPSA) is 63.5 Å². The first-order valence-corrected chi connectivity index (χ1v) is 8.49. The van der Waals surface area contributed by atoms with Crippen molar-refractivity contribution < 1.29 is 13.2 Å². The van der Waals surface area contributed by atoms with Crippen molar-refractivity contribution in [3.05, 3.63) is 35.0 Å². The van der Waals surface area contributed by atoms with Crippen LogP contribution in [0.1, 0.15) is 40.2 Å². The van der Waals surface area contributed by atoms with Gasteiger partial charge in [-0.25, -0.2) is 13.2 Å². The van der Waals surface area contributed by atoms with E-state index in [0.717, 1.165) is 4.74 Å². The molecule has 0 aliphatic carbocycles. The van der Waals surface area contributed by atoms with Crippen molar-refractivity contribution in [2.24, 2.45) is 0 Å².